The Kier molecular flexibility index (Phi) is 9.35. The van der Waals surface area contributed by atoms with Gasteiger partial charge in [0.05, 0.1) is 11.6 Å². The van der Waals surface area contributed by atoms with E-state index in [1.54, 1.807) is 0 Å². The van der Waals surface area contributed by atoms with Crippen LogP contribution in [0, 0.1) is 5.92 Å². The van der Waals surface area contributed by atoms with Crippen molar-refractivity contribution in [1.29, 1.82) is 0 Å². The molecule has 0 spiro atoms. The van der Waals surface area contributed by atoms with Crippen molar-refractivity contribution in [1.82, 2.24) is 9.80 Å². The van der Waals surface area contributed by atoms with Crippen LogP contribution in [-0.2, 0) is 11.2 Å². The van der Waals surface area contributed by atoms with Crippen molar-refractivity contribution in [2.75, 3.05) is 26.2 Å². The Hall–Kier alpha value is -2.82. The summed E-state index contributed by atoms with van der Waals surface area (Å²) in [5.41, 5.74) is 1.77. The lowest BCUT2D eigenvalue weighted by Gasteiger charge is -2.33. The molecule has 0 N–H and O–H groups in total. The van der Waals surface area contributed by atoms with Crippen molar-refractivity contribution < 1.29 is 14.3 Å². The molecule has 2 amide bonds. The first-order valence-electron chi connectivity index (χ1n) is 12.3. The van der Waals surface area contributed by atoms with E-state index >= 15 is 0 Å². The fourth-order valence-electron chi connectivity index (χ4n) is 4.41. The average molecular weight is 451 g/mol. The van der Waals surface area contributed by atoms with Crippen LogP contribution >= 0.6 is 0 Å². The van der Waals surface area contributed by atoms with Gasteiger partial charge in [-0.15, -0.1) is 0 Å². The molecule has 0 radical (unpaired) electrons. The number of carbonyl (C=O) groups is 2. The van der Waals surface area contributed by atoms with Crippen LogP contribution in [0.5, 0.6) is 5.75 Å². The Morgan fingerprint density at radius 3 is 2.42 bits per heavy atom. The third-order valence-electron chi connectivity index (χ3n) is 6.20. The second-order valence-electron chi connectivity index (χ2n) is 9.28. The van der Waals surface area contributed by atoms with Crippen LogP contribution in [0.4, 0.5) is 0 Å². The van der Waals surface area contributed by atoms with Gasteiger partial charge in [0.1, 0.15) is 12.4 Å². The minimum Gasteiger partial charge on any atom is -0.491 e. The Balaban J connectivity index is 1.93. The molecule has 0 saturated heterocycles. The first kappa shape index (κ1) is 24.8. The van der Waals surface area contributed by atoms with Crippen molar-refractivity contribution in [3.63, 3.8) is 0 Å². The predicted octanol–water partition coefficient (Wildman–Crippen LogP) is 5.20. The third-order valence-corrected chi connectivity index (χ3v) is 6.20. The summed E-state index contributed by atoms with van der Waals surface area (Å²) in [6, 6.07) is 17.7. The zero-order valence-corrected chi connectivity index (χ0v) is 20.3. The second kappa shape index (κ2) is 12.4. The molecule has 3 rings (SSSR count). The fraction of sp³-hybridized carbons (Fsp3) is 0.500. The number of para-hydroxylation sites is 1. The van der Waals surface area contributed by atoms with Gasteiger partial charge in [-0.3, -0.25) is 9.59 Å². The first-order chi connectivity index (χ1) is 16.0. The molecule has 178 valence electrons. The highest BCUT2D eigenvalue weighted by molar-refractivity contribution is 5.96. The molecule has 1 heterocycles. The first-order valence-corrected chi connectivity index (χ1v) is 12.3. The normalized spacial score (nSPS) is 18.1. The standard InChI is InChI=1S/C28H38N2O3/c1-4-29-17-11-6-12-18-30(27(31)19-22(2)3)24(20-23-13-7-5-8-14-23)21-33-26-16-10-9-15-25(26)28(29)32/h5,7-10,13-16,22,24H,4,6,11-12,17-21H2,1-3H3/t24-/m0/s1. The SMILES string of the molecule is CCN1CCCCCN(C(=O)CC(C)C)[C@@H](Cc2ccccc2)COc2ccccc2C1=O. The van der Waals surface area contributed by atoms with E-state index in [0.29, 0.717) is 43.3 Å². The Morgan fingerprint density at radius 2 is 1.70 bits per heavy atom. The molecule has 1 aliphatic rings. The van der Waals surface area contributed by atoms with E-state index < -0.39 is 0 Å². The number of carbonyl (C=O) groups excluding carboxylic acids is 2. The lowest BCUT2D eigenvalue weighted by molar-refractivity contribution is -0.135. The summed E-state index contributed by atoms with van der Waals surface area (Å²) in [6.07, 6.45) is 4.09. The highest BCUT2D eigenvalue weighted by Crippen LogP contribution is 2.23. The molecule has 2 aromatic rings. The zero-order valence-electron chi connectivity index (χ0n) is 20.3. The molecule has 0 bridgehead atoms. The third kappa shape index (κ3) is 7.08. The van der Waals surface area contributed by atoms with Crippen molar-refractivity contribution in [2.24, 2.45) is 5.92 Å². The second-order valence-corrected chi connectivity index (χ2v) is 9.28. The van der Waals surface area contributed by atoms with Gasteiger partial charge in [0, 0.05) is 26.1 Å². The Bertz CT molecular complexity index is 897. The largest absolute Gasteiger partial charge is 0.491 e. The van der Waals surface area contributed by atoms with Crippen molar-refractivity contribution in [3.05, 3.63) is 65.7 Å². The molecule has 2 aromatic carbocycles. The average Bonchev–Trinajstić information content (AvgIpc) is 2.82. The minimum atomic E-state index is -0.0927. The van der Waals surface area contributed by atoms with Crippen LogP contribution in [0.1, 0.15) is 62.4 Å². The van der Waals surface area contributed by atoms with E-state index in [1.807, 2.05) is 59.2 Å². The van der Waals surface area contributed by atoms with Gasteiger partial charge in [-0.25, -0.2) is 0 Å². The Labute approximate surface area is 198 Å². The van der Waals surface area contributed by atoms with Crippen LogP contribution in [0.3, 0.4) is 0 Å². The van der Waals surface area contributed by atoms with Gasteiger partial charge in [0.15, 0.2) is 0 Å². The summed E-state index contributed by atoms with van der Waals surface area (Å²) in [5, 5.41) is 0. The van der Waals surface area contributed by atoms with Gasteiger partial charge in [-0.2, -0.15) is 0 Å². The van der Waals surface area contributed by atoms with E-state index in [9.17, 15) is 9.59 Å². The van der Waals surface area contributed by atoms with E-state index in [-0.39, 0.29) is 17.9 Å². The quantitative estimate of drug-likeness (QED) is 0.629. The van der Waals surface area contributed by atoms with Gasteiger partial charge in [-0.1, -0.05) is 56.3 Å². The molecular weight excluding hydrogens is 412 g/mol. The maximum absolute atomic E-state index is 13.3. The van der Waals surface area contributed by atoms with Crippen LogP contribution < -0.4 is 4.74 Å². The number of benzene rings is 2. The number of hydrogen-bond acceptors (Lipinski definition) is 3. The monoisotopic (exact) mass is 450 g/mol. The van der Waals surface area contributed by atoms with E-state index in [1.165, 1.54) is 5.56 Å². The van der Waals surface area contributed by atoms with Crippen molar-refractivity contribution >= 4 is 11.8 Å². The molecule has 0 aromatic heterocycles. The van der Waals surface area contributed by atoms with Crippen LogP contribution in [0.25, 0.3) is 0 Å². The maximum atomic E-state index is 13.3. The molecule has 0 aliphatic carbocycles. The summed E-state index contributed by atoms with van der Waals surface area (Å²) in [4.78, 5) is 30.4. The van der Waals surface area contributed by atoms with E-state index in [0.717, 1.165) is 32.2 Å². The van der Waals surface area contributed by atoms with Crippen LogP contribution in [0.2, 0.25) is 0 Å². The number of hydrogen-bond donors (Lipinski definition) is 0. The molecule has 0 fully saturated rings. The van der Waals surface area contributed by atoms with Gasteiger partial charge in [0.25, 0.3) is 5.91 Å². The van der Waals surface area contributed by atoms with Crippen molar-refractivity contribution in [3.8, 4) is 5.75 Å². The molecule has 5 heteroatoms. The predicted molar refractivity (Wildman–Crippen MR) is 132 cm³/mol. The summed E-state index contributed by atoms with van der Waals surface area (Å²) < 4.78 is 6.29. The number of rotatable bonds is 5. The van der Waals surface area contributed by atoms with E-state index in [2.05, 4.69) is 26.0 Å². The lowest BCUT2D eigenvalue weighted by atomic mass is 10.0. The lowest BCUT2D eigenvalue weighted by Crippen LogP contribution is -2.46. The molecular formula is C28H38N2O3. The molecule has 5 nitrogen and oxygen atoms in total. The maximum Gasteiger partial charge on any atom is 0.257 e. The van der Waals surface area contributed by atoms with Gasteiger partial charge < -0.3 is 14.5 Å². The summed E-state index contributed by atoms with van der Waals surface area (Å²) in [7, 11) is 0. The molecule has 0 unspecified atom stereocenters. The summed E-state index contributed by atoms with van der Waals surface area (Å²) in [5.74, 6) is 1.09. The number of amides is 2. The minimum absolute atomic E-state index is 0.0136. The molecule has 33 heavy (non-hydrogen) atoms. The Morgan fingerprint density at radius 1 is 1.00 bits per heavy atom. The topological polar surface area (TPSA) is 49.9 Å². The highest BCUT2D eigenvalue weighted by atomic mass is 16.5. The zero-order chi connectivity index (χ0) is 23.6. The van der Waals surface area contributed by atoms with Gasteiger partial charge >= 0.3 is 0 Å². The molecule has 1 atom stereocenters. The number of fused-ring (bicyclic) bond motifs is 1. The molecule has 1 aliphatic heterocycles. The number of ether oxygens (including phenoxy) is 1. The smallest absolute Gasteiger partial charge is 0.257 e. The van der Waals surface area contributed by atoms with Gasteiger partial charge in [0.2, 0.25) is 5.91 Å². The van der Waals surface area contributed by atoms with Crippen molar-refractivity contribution in [2.45, 2.75) is 58.9 Å². The summed E-state index contributed by atoms with van der Waals surface area (Å²) in [6.45, 7) is 8.65. The fourth-order valence-corrected chi connectivity index (χ4v) is 4.41. The number of nitrogens with zero attached hydrogens (tertiary/aromatic N) is 2. The highest BCUT2D eigenvalue weighted by Gasteiger charge is 2.27. The van der Waals surface area contributed by atoms with E-state index in [4.69, 9.17) is 4.74 Å². The van der Waals surface area contributed by atoms with Crippen LogP contribution in [0.15, 0.2) is 54.6 Å². The molecule has 0 saturated carbocycles. The summed E-state index contributed by atoms with van der Waals surface area (Å²) >= 11 is 0. The van der Waals surface area contributed by atoms with Crippen LogP contribution in [-0.4, -0.2) is 53.9 Å². The van der Waals surface area contributed by atoms with Gasteiger partial charge in [-0.05, 0) is 56.2 Å².